The highest BCUT2D eigenvalue weighted by atomic mass is 16.5. The molecule has 1 rings (SSSR count). The van der Waals surface area contributed by atoms with Gasteiger partial charge in [-0.05, 0) is 26.7 Å². The van der Waals surface area contributed by atoms with Crippen LogP contribution in [0.2, 0.25) is 0 Å². The largest absolute Gasteiger partial charge is 0.383 e. The van der Waals surface area contributed by atoms with Gasteiger partial charge in [-0.15, -0.1) is 10.2 Å². The predicted octanol–water partition coefficient (Wildman–Crippen LogP) is 0.648. The maximum absolute atomic E-state index is 5.11. The quantitative estimate of drug-likeness (QED) is 0.395. The molecule has 0 aromatic carbocycles. The zero-order chi connectivity index (χ0) is 14.6. The number of nitrogens with one attached hydrogen (secondary N) is 2. The zero-order valence-electron chi connectivity index (χ0n) is 12.7. The Bertz CT molecular complexity index is 365. The van der Waals surface area contributed by atoms with E-state index in [-0.39, 0.29) is 6.04 Å². The molecule has 0 saturated carbocycles. The van der Waals surface area contributed by atoms with E-state index in [1.54, 1.807) is 19.8 Å². The Labute approximate surface area is 120 Å². The third-order valence-corrected chi connectivity index (χ3v) is 2.70. The molecule has 1 aromatic heterocycles. The van der Waals surface area contributed by atoms with Crippen molar-refractivity contribution < 1.29 is 4.74 Å². The Kier molecular flexibility index (Phi) is 8.37. The zero-order valence-corrected chi connectivity index (χ0v) is 12.7. The molecule has 0 amide bonds. The van der Waals surface area contributed by atoms with Gasteiger partial charge in [0.15, 0.2) is 5.96 Å². The van der Waals surface area contributed by atoms with E-state index in [2.05, 4.69) is 39.7 Å². The number of methoxy groups -OCH3 is 1. The van der Waals surface area contributed by atoms with Crippen molar-refractivity contribution in [2.75, 3.05) is 26.8 Å². The highest BCUT2D eigenvalue weighted by molar-refractivity contribution is 5.80. The van der Waals surface area contributed by atoms with Crippen LogP contribution in [0, 0.1) is 0 Å². The second-order valence-corrected chi connectivity index (χ2v) is 4.67. The smallest absolute Gasteiger partial charge is 0.191 e. The van der Waals surface area contributed by atoms with Crippen LogP contribution >= 0.6 is 0 Å². The molecule has 0 saturated heterocycles. The van der Waals surface area contributed by atoms with Gasteiger partial charge in [-0.1, -0.05) is 0 Å². The van der Waals surface area contributed by atoms with Gasteiger partial charge in [-0.25, -0.2) is 0 Å². The Morgan fingerprint density at radius 3 is 2.75 bits per heavy atom. The summed E-state index contributed by atoms with van der Waals surface area (Å²) in [5, 5.41) is 14.1. The maximum atomic E-state index is 5.11. The summed E-state index contributed by atoms with van der Waals surface area (Å²) in [6.45, 7) is 7.39. The number of aromatic nitrogens is 3. The van der Waals surface area contributed by atoms with E-state index in [9.17, 15) is 0 Å². The fourth-order valence-corrected chi connectivity index (χ4v) is 1.78. The van der Waals surface area contributed by atoms with Crippen molar-refractivity contribution in [3.63, 3.8) is 0 Å². The van der Waals surface area contributed by atoms with Crippen LogP contribution < -0.4 is 10.6 Å². The van der Waals surface area contributed by atoms with Gasteiger partial charge in [0.25, 0.3) is 0 Å². The molecule has 114 valence electrons. The van der Waals surface area contributed by atoms with Crippen molar-refractivity contribution in [2.45, 2.75) is 39.3 Å². The van der Waals surface area contributed by atoms with E-state index in [0.717, 1.165) is 38.4 Å². The van der Waals surface area contributed by atoms with E-state index < -0.39 is 0 Å². The lowest BCUT2D eigenvalue weighted by molar-refractivity contribution is 0.179. The summed E-state index contributed by atoms with van der Waals surface area (Å²) >= 11 is 0. The first-order chi connectivity index (χ1) is 9.76. The average Bonchev–Trinajstić information content (AvgIpc) is 2.92. The molecule has 0 aliphatic carbocycles. The number of hydrogen-bond acceptors (Lipinski definition) is 4. The molecule has 0 fully saturated rings. The lowest BCUT2D eigenvalue weighted by Gasteiger charge is -2.16. The monoisotopic (exact) mass is 282 g/mol. The number of hydrogen-bond donors (Lipinski definition) is 2. The summed E-state index contributed by atoms with van der Waals surface area (Å²) in [6, 6.07) is 0.245. The number of guanidine groups is 1. The molecule has 7 heteroatoms. The molecule has 1 heterocycles. The van der Waals surface area contributed by atoms with Crippen molar-refractivity contribution in [2.24, 2.45) is 4.99 Å². The number of unbranched alkanes of at least 4 members (excludes halogenated alkanes) is 1. The number of rotatable bonds is 9. The summed E-state index contributed by atoms with van der Waals surface area (Å²) in [4.78, 5) is 4.55. The molecule has 0 radical (unpaired) electrons. The van der Waals surface area contributed by atoms with Gasteiger partial charge in [0.05, 0.1) is 6.61 Å². The Morgan fingerprint density at radius 1 is 1.35 bits per heavy atom. The second-order valence-electron chi connectivity index (χ2n) is 4.67. The van der Waals surface area contributed by atoms with Crippen LogP contribution in [0.4, 0.5) is 0 Å². The van der Waals surface area contributed by atoms with Gasteiger partial charge in [0.1, 0.15) is 12.7 Å². The lowest BCUT2D eigenvalue weighted by atomic mass is 10.3. The molecule has 1 aromatic rings. The van der Waals surface area contributed by atoms with Gasteiger partial charge in [0.2, 0.25) is 0 Å². The van der Waals surface area contributed by atoms with Gasteiger partial charge in [0, 0.05) is 32.8 Å². The highest BCUT2D eigenvalue weighted by Gasteiger charge is 2.03. The predicted molar refractivity (Wildman–Crippen MR) is 79.7 cm³/mol. The van der Waals surface area contributed by atoms with Crippen LogP contribution in [0.5, 0.6) is 0 Å². The summed E-state index contributed by atoms with van der Waals surface area (Å²) in [5.41, 5.74) is 0. The minimum atomic E-state index is 0.245. The number of aliphatic imine (C=N–C) groups is 1. The summed E-state index contributed by atoms with van der Waals surface area (Å²) in [6.07, 6.45) is 5.57. The van der Waals surface area contributed by atoms with Crippen molar-refractivity contribution in [3.8, 4) is 0 Å². The normalized spacial score (nSPS) is 13.2. The van der Waals surface area contributed by atoms with Crippen LogP contribution in [0.25, 0.3) is 0 Å². The minimum absolute atomic E-state index is 0.245. The van der Waals surface area contributed by atoms with Crippen LogP contribution in [0.1, 0.15) is 26.7 Å². The molecule has 0 bridgehead atoms. The fraction of sp³-hybridized carbons (Fsp3) is 0.769. The molecule has 0 aliphatic heterocycles. The first-order valence-corrected chi connectivity index (χ1v) is 7.12. The molecular weight excluding hydrogens is 256 g/mol. The Morgan fingerprint density at radius 2 is 2.10 bits per heavy atom. The van der Waals surface area contributed by atoms with E-state index in [1.165, 1.54) is 0 Å². The van der Waals surface area contributed by atoms with E-state index in [0.29, 0.717) is 6.61 Å². The van der Waals surface area contributed by atoms with Crippen LogP contribution in [0.15, 0.2) is 17.6 Å². The van der Waals surface area contributed by atoms with Crippen molar-refractivity contribution >= 4 is 5.96 Å². The molecule has 0 aliphatic rings. The van der Waals surface area contributed by atoms with Crippen LogP contribution in [0.3, 0.4) is 0 Å². The van der Waals surface area contributed by atoms with Gasteiger partial charge in [-0.2, -0.15) is 0 Å². The first-order valence-electron chi connectivity index (χ1n) is 7.12. The third-order valence-electron chi connectivity index (χ3n) is 2.70. The molecule has 0 spiro atoms. The average molecular weight is 282 g/mol. The van der Waals surface area contributed by atoms with E-state index in [4.69, 9.17) is 4.74 Å². The van der Waals surface area contributed by atoms with Crippen molar-refractivity contribution in [1.29, 1.82) is 0 Å². The minimum Gasteiger partial charge on any atom is -0.383 e. The molecule has 1 atom stereocenters. The van der Waals surface area contributed by atoms with E-state index in [1.807, 2.05) is 4.57 Å². The van der Waals surface area contributed by atoms with Gasteiger partial charge in [-0.3, -0.25) is 4.99 Å². The molecule has 1 unspecified atom stereocenters. The molecular formula is C13H26N6O. The second kappa shape index (κ2) is 10.2. The summed E-state index contributed by atoms with van der Waals surface area (Å²) in [5.74, 6) is 0.848. The number of nitrogens with zero attached hydrogens (tertiary/aromatic N) is 4. The molecule has 20 heavy (non-hydrogen) atoms. The van der Waals surface area contributed by atoms with Gasteiger partial charge < -0.3 is 19.9 Å². The van der Waals surface area contributed by atoms with Crippen LogP contribution in [-0.2, 0) is 11.3 Å². The highest BCUT2D eigenvalue weighted by Crippen LogP contribution is 1.95. The van der Waals surface area contributed by atoms with Crippen molar-refractivity contribution in [3.05, 3.63) is 12.7 Å². The van der Waals surface area contributed by atoms with Crippen molar-refractivity contribution in [1.82, 2.24) is 25.4 Å². The summed E-state index contributed by atoms with van der Waals surface area (Å²) in [7, 11) is 1.70. The maximum Gasteiger partial charge on any atom is 0.191 e. The number of aryl methyl sites for hydroxylation is 1. The molecule has 2 N–H and O–H groups in total. The lowest BCUT2D eigenvalue weighted by Crippen LogP contribution is -2.44. The third kappa shape index (κ3) is 7.08. The summed E-state index contributed by atoms with van der Waals surface area (Å²) < 4.78 is 7.09. The first kappa shape index (κ1) is 16.4. The fourth-order valence-electron chi connectivity index (χ4n) is 1.78. The van der Waals surface area contributed by atoms with Crippen LogP contribution in [-0.4, -0.2) is 53.6 Å². The SMILES string of the molecule is CCNC(=NCCCCn1cnnc1)NC(C)COC. The van der Waals surface area contributed by atoms with E-state index >= 15 is 0 Å². The Balaban J connectivity index is 2.23. The Hall–Kier alpha value is -1.63. The topological polar surface area (TPSA) is 76.4 Å². The standard InChI is InChI=1S/C13H26N6O/c1-4-14-13(18-12(2)9-20-3)15-7-5-6-8-19-10-16-17-11-19/h10-12H,4-9H2,1-3H3,(H2,14,15,18). The van der Waals surface area contributed by atoms with Gasteiger partial charge >= 0.3 is 0 Å². The molecule has 7 nitrogen and oxygen atoms in total. The number of ether oxygens (including phenoxy) is 1.